The van der Waals surface area contributed by atoms with Crippen molar-refractivity contribution in [1.82, 2.24) is 9.80 Å². The fourth-order valence-electron chi connectivity index (χ4n) is 3.47. The second-order valence-corrected chi connectivity index (χ2v) is 6.30. The van der Waals surface area contributed by atoms with Gasteiger partial charge in [-0.25, -0.2) is 0 Å². The van der Waals surface area contributed by atoms with Crippen LogP contribution in [0.25, 0.3) is 0 Å². The summed E-state index contributed by atoms with van der Waals surface area (Å²) in [6, 6.07) is 9.68. The van der Waals surface area contributed by atoms with Crippen LogP contribution < -0.4 is 0 Å². The predicted octanol–water partition coefficient (Wildman–Crippen LogP) is 2.58. The van der Waals surface area contributed by atoms with Gasteiger partial charge in [-0.3, -0.25) is 9.59 Å². The zero-order valence-corrected chi connectivity index (χ0v) is 13.0. The summed E-state index contributed by atoms with van der Waals surface area (Å²) in [4.78, 5) is 28.8. The van der Waals surface area contributed by atoms with Gasteiger partial charge in [0.25, 0.3) is 0 Å². The Balaban J connectivity index is 1.70. The van der Waals surface area contributed by atoms with Gasteiger partial charge in [0.2, 0.25) is 11.8 Å². The third-order valence-electron chi connectivity index (χ3n) is 4.73. The summed E-state index contributed by atoms with van der Waals surface area (Å²) >= 11 is 0. The number of rotatable bonds is 3. The fourth-order valence-corrected chi connectivity index (χ4v) is 3.47. The van der Waals surface area contributed by atoms with Crippen molar-refractivity contribution in [2.24, 2.45) is 0 Å². The lowest BCUT2D eigenvalue weighted by Crippen LogP contribution is -2.46. The Bertz CT molecular complexity index is 521. The maximum absolute atomic E-state index is 12.8. The molecule has 118 valence electrons. The molecule has 1 atom stereocenters. The zero-order chi connectivity index (χ0) is 15.4. The van der Waals surface area contributed by atoms with Crippen molar-refractivity contribution < 1.29 is 9.59 Å². The van der Waals surface area contributed by atoms with Gasteiger partial charge in [-0.1, -0.05) is 43.2 Å². The molecule has 2 heterocycles. The molecular formula is C18H24N2O2. The minimum Gasteiger partial charge on any atom is -0.341 e. The summed E-state index contributed by atoms with van der Waals surface area (Å²) < 4.78 is 0. The first-order valence-electron chi connectivity index (χ1n) is 8.38. The predicted molar refractivity (Wildman–Crippen MR) is 85.1 cm³/mol. The van der Waals surface area contributed by atoms with Crippen molar-refractivity contribution in [3.8, 4) is 0 Å². The molecule has 2 aliphatic heterocycles. The molecule has 3 rings (SSSR count). The molecule has 1 unspecified atom stereocenters. The van der Waals surface area contributed by atoms with Gasteiger partial charge in [0, 0.05) is 26.1 Å². The van der Waals surface area contributed by atoms with E-state index in [1.807, 2.05) is 35.2 Å². The van der Waals surface area contributed by atoms with E-state index in [4.69, 9.17) is 0 Å². The summed E-state index contributed by atoms with van der Waals surface area (Å²) in [5.74, 6) is 0.265. The second kappa shape index (κ2) is 6.95. The van der Waals surface area contributed by atoms with Crippen LogP contribution in [0.5, 0.6) is 0 Å². The maximum atomic E-state index is 12.8. The van der Waals surface area contributed by atoms with Crippen LogP contribution >= 0.6 is 0 Å². The van der Waals surface area contributed by atoms with Crippen LogP contribution in [0.4, 0.5) is 0 Å². The molecule has 4 heteroatoms. The van der Waals surface area contributed by atoms with E-state index in [2.05, 4.69) is 0 Å². The quantitative estimate of drug-likeness (QED) is 0.861. The number of hydrogen-bond acceptors (Lipinski definition) is 2. The van der Waals surface area contributed by atoms with Crippen molar-refractivity contribution in [3.05, 3.63) is 35.9 Å². The van der Waals surface area contributed by atoms with Crippen molar-refractivity contribution in [3.63, 3.8) is 0 Å². The Hall–Kier alpha value is -1.84. The van der Waals surface area contributed by atoms with Gasteiger partial charge in [0.1, 0.15) is 6.04 Å². The van der Waals surface area contributed by atoms with E-state index in [0.717, 1.165) is 31.5 Å². The third kappa shape index (κ3) is 3.32. The molecule has 2 amide bonds. The number of carbonyl (C=O) groups is 2. The van der Waals surface area contributed by atoms with Crippen LogP contribution in [0.1, 0.15) is 44.1 Å². The van der Waals surface area contributed by atoms with Gasteiger partial charge in [-0.15, -0.1) is 0 Å². The average molecular weight is 300 g/mol. The van der Waals surface area contributed by atoms with E-state index in [-0.39, 0.29) is 17.9 Å². The first-order valence-corrected chi connectivity index (χ1v) is 8.38. The Morgan fingerprint density at radius 1 is 1.05 bits per heavy atom. The van der Waals surface area contributed by atoms with Crippen LogP contribution in [0.2, 0.25) is 0 Å². The van der Waals surface area contributed by atoms with Crippen LogP contribution in [-0.2, 0) is 16.1 Å². The Morgan fingerprint density at radius 3 is 2.41 bits per heavy atom. The minimum absolute atomic E-state index is 0.108. The summed E-state index contributed by atoms with van der Waals surface area (Å²) in [5.41, 5.74) is 1.09. The molecule has 0 spiro atoms. The topological polar surface area (TPSA) is 40.6 Å². The highest BCUT2D eigenvalue weighted by atomic mass is 16.2. The number of likely N-dealkylation sites (tertiary alicyclic amines) is 2. The molecule has 1 aromatic carbocycles. The van der Waals surface area contributed by atoms with Crippen molar-refractivity contribution >= 4 is 11.8 Å². The molecule has 0 aliphatic carbocycles. The first kappa shape index (κ1) is 15.1. The van der Waals surface area contributed by atoms with Gasteiger partial charge in [0.15, 0.2) is 0 Å². The monoisotopic (exact) mass is 300 g/mol. The third-order valence-corrected chi connectivity index (χ3v) is 4.73. The minimum atomic E-state index is -0.259. The molecular weight excluding hydrogens is 276 g/mol. The van der Waals surface area contributed by atoms with Crippen molar-refractivity contribution in [2.75, 3.05) is 13.1 Å². The van der Waals surface area contributed by atoms with E-state index >= 15 is 0 Å². The molecule has 22 heavy (non-hydrogen) atoms. The lowest BCUT2D eigenvalue weighted by atomic mass is 10.1. The van der Waals surface area contributed by atoms with Gasteiger partial charge in [-0.2, -0.15) is 0 Å². The van der Waals surface area contributed by atoms with Crippen LogP contribution in [0.15, 0.2) is 30.3 Å². The molecule has 2 saturated heterocycles. The van der Waals surface area contributed by atoms with Crippen molar-refractivity contribution in [2.45, 2.75) is 51.1 Å². The highest BCUT2D eigenvalue weighted by Crippen LogP contribution is 2.24. The Labute approximate surface area is 132 Å². The van der Waals surface area contributed by atoms with Crippen molar-refractivity contribution in [1.29, 1.82) is 0 Å². The summed E-state index contributed by atoms with van der Waals surface area (Å²) in [6.45, 7) is 2.25. The molecule has 0 bridgehead atoms. The van der Waals surface area contributed by atoms with E-state index < -0.39 is 0 Å². The van der Waals surface area contributed by atoms with Gasteiger partial charge < -0.3 is 9.80 Å². The molecule has 0 saturated carbocycles. The summed E-state index contributed by atoms with van der Waals surface area (Å²) in [6.07, 6.45) is 5.76. The van der Waals surface area contributed by atoms with Gasteiger partial charge >= 0.3 is 0 Å². The first-order chi connectivity index (χ1) is 10.8. The number of nitrogens with zero attached hydrogens (tertiary/aromatic N) is 2. The lowest BCUT2D eigenvalue weighted by Gasteiger charge is -2.29. The molecule has 1 aromatic rings. The molecule has 4 nitrogen and oxygen atoms in total. The van der Waals surface area contributed by atoms with Crippen LogP contribution in [-0.4, -0.2) is 40.7 Å². The molecule has 2 fully saturated rings. The molecule has 2 aliphatic rings. The fraction of sp³-hybridized carbons (Fsp3) is 0.556. The zero-order valence-electron chi connectivity index (χ0n) is 13.0. The highest BCUT2D eigenvalue weighted by Gasteiger charge is 2.38. The Morgan fingerprint density at radius 2 is 1.73 bits per heavy atom. The number of carbonyl (C=O) groups excluding carboxylic acids is 2. The summed E-state index contributed by atoms with van der Waals surface area (Å²) in [5, 5.41) is 0. The number of hydrogen-bond donors (Lipinski definition) is 0. The summed E-state index contributed by atoms with van der Waals surface area (Å²) in [7, 11) is 0. The van der Waals surface area contributed by atoms with Gasteiger partial charge in [0.05, 0.1) is 0 Å². The molecule has 0 radical (unpaired) electrons. The smallest absolute Gasteiger partial charge is 0.245 e. The van der Waals surface area contributed by atoms with Crippen LogP contribution in [0, 0.1) is 0 Å². The van der Waals surface area contributed by atoms with E-state index in [0.29, 0.717) is 19.4 Å². The molecule has 0 aromatic heterocycles. The van der Waals surface area contributed by atoms with Crippen LogP contribution in [0.3, 0.4) is 0 Å². The average Bonchev–Trinajstić information content (AvgIpc) is 2.77. The SMILES string of the molecule is O=C(C1CCC(=O)N1Cc1ccccc1)N1CCCCCC1. The lowest BCUT2D eigenvalue weighted by molar-refractivity contribution is -0.141. The van der Waals surface area contributed by atoms with E-state index in [1.54, 1.807) is 4.90 Å². The van der Waals surface area contributed by atoms with E-state index in [9.17, 15) is 9.59 Å². The largest absolute Gasteiger partial charge is 0.341 e. The standard InChI is InChI=1S/C18H24N2O2/c21-17-11-10-16(18(22)19-12-6-1-2-7-13-19)20(17)14-15-8-4-3-5-9-15/h3-5,8-9,16H,1-2,6-7,10-14H2. The second-order valence-electron chi connectivity index (χ2n) is 6.30. The number of amides is 2. The Kier molecular flexibility index (Phi) is 4.76. The number of benzene rings is 1. The molecule has 0 N–H and O–H groups in total. The van der Waals surface area contributed by atoms with Gasteiger partial charge in [-0.05, 0) is 24.8 Å². The highest BCUT2D eigenvalue weighted by molar-refractivity contribution is 5.91. The normalized spacial score (nSPS) is 22.7. The van der Waals surface area contributed by atoms with E-state index in [1.165, 1.54) is 12.8 Å². The maximum Gasteiger partial charge on any atom is 0.245 e.